The minimum absolute atomic E-state index is 0.0379. The molecule has 1 rings (SSSR count). The van der Waals surface area contributed by atoms with Gasteiger partial charge in [0, 0.05) is 25.4 Å². The lowest BCUT2D eigenvalue weighted by molar-refractivity contribution is 0.209. The third kappa shape index (κ3) is 3.08. The number of rotatable bonds is 2. The predicted molar refractivity (Wildman–Crippen MR) is 61.8 cm³/mol. The van der Waals surface area contributed by atoms with Crippen molar-refractivity contribution in [3.05, 3.63) is 0 Å². The van der Waals surface area contributed by atoms with Crippen LogP contribution in [0.1, 0.15) is 25.7 Å². The molecular weight excluding hydrogens is 196 g/mol. The predicted octanol–water partition coefficient (Wildman–Crippen LogP) is 1.93. The van der Waals surface area contributed by atoms with Crippen molar-refractivity contribution in [2.24, 2.45) is 0 Å². The van der Waals surface area contributed by atoms with E-state index in [4.69, 9.17) is 0 Å². The van der Waals surface area contributed by atoms with Gasteiger partial charge in [0.15, 0.2) is 0 Å². The molecule has 0 radical (unpaired) electrons. The molecule has 2 amide bonds. The Morgan fingerprint density at radius 1 is 1.36 bits per heavy atom. The lowest BCUT2D eigenvalue weighted by atomic mass is 9.95. The number of urea groups is 1. The highest BCUT2D eigenvalue weighted by molar-refractivity contribution is 7.99. The fraction of sp³-hybridized carbons (Fsp3) is 0.900. The van der Waals surface area contributed by atoms with Crippen molar-refractivity contribution in [3.63, 3.8) is 0 Å². The molecule has 1 N–H and O–H groups in total. The van der Waals surface area contributed by atoms with Crippen LogP contribution in [0, 0.1) is 0 Å². The molecule has 0 aromatic rings. The molecule has 0 aromatic heterocycles. The standard InChI is InChI=1S/C10H20N2OS/c1-12(2)10(13)11-8-6-4-5-7-9(8)14-3/h8-9H,4-7H2,1-3H3,(H,11,13). The fourth-order valence-corrected chi connectivity index (χ4v) is 2.77. The zero-order valence-corrected chi connectivity index (χ0v) is 10.1. The number of nitrogens with zero attached hydrogens (tertiary/aromatic N) is 1. The van der Waals surface area contributed by atoms with Crippen molar-refractivity contribution in [1.29, 1.82) is 0 Å². The van der Waals surface area contributed by atoms with Crippen molar-refractivity contribution in [1.82, 2.24) is 10.2 Å². The Morgan fingerprint density at radius 3 is 2.57 bits per heavy atom. The number of thioether (sulfide) groups is 1. The summed E-state index contributed by atoms with van der Waals surface area (Å²) < 4.78 is 0. The van der Waals surface area contributed by atoms with Crippen LogP contribution < -0.4 is 5.32 Å². The van der Waals surface area contributed by atoms with Gasteiger partial charge in [0.05, 0.1) is 0 Å². The van der Waals surface area contributed by atoms with E-state index < -0.39 is 0 Å². The first-order valence-corrected chi connectivity index (χ1v) is 6.44. The Bertz CT molecular complexity index is 197. The molecular formula is C10H20N2OS. The topological polar surface area (TPSA) is 32.3 Å². The van der Waals surface area contributed by atoms with E-state index in [1.54, 1.807) is 19.0 Å². The average Bonchev–Trinajstić information content (AvgIpc) is 2.18. The van der Waals surface area contributed by atoms with Crippen LogP contribution in [0.4, 0.5) is 4.79 Å². The molecule has 3 nitrogen and oxygen atoms in total. The molecule has 1 aliphatic rings. The van der Waals surface area contributed by atoms with Crippen molar-refractivity contribution < 1.29 is 4.79 Å². The Kier molecular flexibility index (Phi) is 4.58. The largest absolute Gasteiger partial charge is 0.334 e. The van der Waals surface area contributed by atoms with Gasteiger partial charge in [-0.25, -0.2) is 4.79 Å². The Hall–Kier alpha value is -0.380. The molecule has 2 unspecified atom stereocenters. The highest BCUT2D eigenvalue weighted by Crippen LogP contribution is 2.27. The first kappa shape index (κ1) is 11.7. The highest BCUT2D eigenvalue weighted by Gasteiger charge is 2.25. The molecule has 0 bridgehead atoms. The minimum Gasteiger partial charge on any atom is -0.334 e. The molecule has 0 saturated heterocycles. The van der Waals surface area contributed by atoms with Gasteiger partial charge in [-0.1, -0.05) is 12.8 Å². The SMILES string of the molecule is CSC1CCCCC1NC(=O)N(C)C. The van der Waals surface area contributed by atoms with Gasteiger partial charge in [-0.15, -0.1) is 0 Å². The van der Waals surface area contributed by atoms with Gasteiger partial charge in [0.2, 0.25) is 0 Å². The third-order valence-corrected chi connectivity index (χ3v) is 3.89. The van der Waals surface area contributed by atoms with E-state index in [2.05, 4.69) is 11.6 Å². The summed E-state index contributed by atoms with van der Waals surface area (Å²) in [7, 11) is 3.57. The molecule has 0 aliphatic heterocycles. The van der Waals surface area contributed by atoms with Crippen LogP contribution in [0.5, 0.6) is 0 Å². The summed E-state index contributed by atoms with van der Waals surface area (Å²) in [4.78, 5) is 13.1. The van der Waals surface area contributed by atoms with Crippen LogP contribution >= 0.6 is 11.8 Å². The van der Waals surface area contributed by atoms with Gasteiger partial charge in [0.1, 0.15) is 0 Å². The second-order valence-corrected chi connectivity index (χ2v) is 5.09. The lowest BCUT2D eigenvalue weighted by Gasteiger charge is -2.31. The Morgan fingerprint density at radius 2 is 2.00 bits per heavy atom. The number of amides is 2. The number of carbonyl (C=O) groups excluding carboxylic acids is 1. The van der Waals surface area contributed by atoms with Crippen LogP contribution in [0.2, 0.25) is 0 Å². The molecule has 4 heteroatoms. The molecule has 0 aromatic carbocycles. The smallest absolute Gasteiger partial charge is 0.317 e. The quantitative estimate of drug-likeness (QED) is 0.765. The number of hydrogen-bond acceptors (Lipinski definition) is 2. The third-order valence-electron chi connectivity index (χ3n) is 2.72. The summed E-state index contributed by atoms with van der Waals surface area (Å²) in [6.45, 7) is 0. The second-order valence-electron chi connectivity index (χ2n) is 4.01. The molecule has 1 aliphatic carbocycles. The number of hydrogen-bond donors (Lipinski definition) is 1. The maximum atomic E-state index is 11.5. The van der Waals surface area contributed by atoms with Crippen LogP contribution in [0.15, 0.2) is 0 Å². The van der Waals surface area contributed by atoms with Gasteiger partial charge in [-0.2, -0.15) is 11.8 Å². The van der Waals surface area contributed by atoms with E-state index in [1.807, 2.05) is 11.8 Å². The van der Waals surface area contributed by atoms with Crippen LogP contribution in [-0.4, -0.2) is 42.6 Å². The summed E-state index contributed by atoms with van der Waals surface area (Å²) in [5.74, 6) is 0. The first-order valence-electron chi connectivity index (χ1n) is 5.15. The maximum absolute atomic E-state index is 11.5. The van der Waals surface area contributed by atoms with E-state index in [0.29, 0.717) is 11.3 Å². The van der Waals surface area contributed by atoms with E-state index >= 15 is 0 Å². The summed E-state index contributed by atoms with van der Waals surface area (Å²) >= 11 is 1.87. The summed E-state index contributed by atoms with van der Waals surface area (Å²) in [5, 5.41) is 3.69. The normalized spacial score (nSPS) is 27.1. The van der Waals surface area contributed by atoms with Crippen molar-refractivity contribution in [2.45, 2.75) is 37.0 Å². The molecule has 0 heterocycles. The van der Waals surface area contributed by atoms with Crippen molar-refractivity contribution >= 4 is 17.8 Å². The van der Waals surface area contributed by atoms with Gasteiger partial charge in [-0.05, 0) is 19.1 Å². The summed E-state index contributed by atoms with van der Waals surface area (Å²) in [5.41, 5.74) is 0. The van der Waals surface area contributed by atoms with Gasteiger partial charge in [-0.3, -0.25) is 0 Å². The maximum Gasteiger partial charge on any atom is 0.317 e. The molecule has 2 atom stereocenters. The summed E-state index contributed by atoms with van der Waals surface area (Å²) in [6, 6.07) is 0.407. The highest BCUT2D eigenvalue weighted by atomic mass is 32.2. The van der Waals surface area contributed by atoms with Gasteiger partial charge in [0.25, 0.3) is 0 Å². The zero-order chi connectivity index (χ0) is 10.6. The van der Waals surface area contributed by atoms with Gasteiger partial charge >= 0.3 is 6.03 Å². The van der Waals surface area contributed by atoms with Crippen molar-refractivity contribution in [3.8, 4) is 0 Å². The Labute approximate surface area is 90.6 Å². The second kappa shape index (κ2) is 5.49. The Balaban J connectivity index is 2.44. The first-order chi connectivity index (χ1) is 6.65. The van der Waals surface area contributed by atoms with E-state index in [9.17, 15) is 4.79 Å². The molecule has 82 valence electrons. The molecule has 1 saturated carbocycles. The molecule has 14 heavy (non-hydrogen) atoms. The number of nitrogens with one attached hydrogen (secondary N) is 1. The van der Waals surface area contributed by atoms with Crippen LogP contribution in [-0.2, 0) is 0 Å². The summed E-state index contributed by atoms with van der Waals surface area (Å²) in [6.07, 6.45) is 7.05. The lowest BCUT2D eigenvalue weighted by Crippen LogP contribution is -2.47. The van der Waals surface area contributed by atoms with Crippen LogP contribution in [0.25, 0.3) is 0 Å². The van der Waals surface area contributed by atoms with Gasteiger partial charge < -0.3 is 10.2 Å². The molecule has 1 fully saturated rings. The average molecular weight is 216 g/mol. The zero-order valence-electron chi connectivity index (χ0n) is 9.25. The minimum atomic E-state index is 0.0379. The van der Waals surface area contributed by atoms with Crippen LogP contribution in [0.3, 0.4) is 0 Å². The van der Waals surface area contributed by atoms with E-state index in [0.717, 1.165) is 6.42 Å². The fourth-order valence-electron chi connectivity index (χ4n) is 1.83. The van der Waals surface area contributed by atoms with Crippen molar-refractivity contribution in [2.75, 3.05) is 20.4 Å². The monoisotopic (exact) mass is 216 g/mol. The van der Waals surface area contributed by atoms with E-state index in [1.165, 1.54) is 19.3 Å². The number of carbonyl (C=O) groups is 1. The van der Waals surface area contributed by atoms with E-state index in [-0.39, 0.29) is 6.03 Å². The molecule has 0 spiro atoms.